The van der Waals surface area contributed by atoms with Gasteiger partial charge in [-0.1, -0.05) is 29.6 Å². The van der Waals surface area contributed by atoms with Gasteiger partial charge in [0.1, 0.15) is 0 Å². The van der Waals surface area contributed by atoms with Gasteiger partial charge < -0.3 is 15.7 Å². The molecule has 1 fully saturated rings. The molecule has 1 aromatic carbocycles. The first-order valence-electron chi connectivity index (χ1n) is 6.70. The van der Waals surface area contributed by atoms with Crippen LogP contribution in [0.1, 0.15) is 19.3 Å². The van der Waals surface area contributed by atoms with E-state index >= 15 is 0 Å². The number of hydrogen-bond donors (Lipinski definition) is 3. The van der Waals surface area contributed by atoms with Crippen LogP contribution in [0.5, 0.6) is 0 Å². The molecule has 2 atom stereocenters. The molecule has 3 N–H and O–H groups in total. The van der Waals surface area contributed by atoms with Gasteiger partial charge in [-0.2, -0.15) is 0 Å². The molecule has 114 valence electrons. The van der Waals surface area contributed by atoms with Crippen LogP contribution in [-0.2, 0) is 4.79 Å². The molecule has 2 unspecified atom stereocenters. The summed E-state index contributed by atoms with van der Waals surface area (Å²) in [4.78, 5) is 22.9. The lowest BCUT2D eigenvalue weighted by molar-refractivity contribution is -0.142. The summed E-state index contributed by atoms with van der Waals surface area (Å²) < 4.78 is 0. The molecule has 1 saturated carbocycles. The summed E-state index contributed by atoms with van der Waals surface area (Å²) in [6, 6.07) is 4.41. The highest BCUT2D eigenvalue weighted by molar-refractivity contribution is 6.42. The van der Waals surface area contributed by atoms with Crippen LogP contribution in [0, 0.1) is 11.8 Å². The van der Waals surface area contributed by atoms with Crippen molar-refractivity contribution < 1.29 is 14.7 Å². The van der Waals surface area contributed by atoms with E-state index in [9.17, 15) is 9.59 Å². The normalized spacial score (nSPS) is 21.0. The lowest BCUT2D eigenvalue weighted by Crippen LogP contribution is -2.35. The zero-order valence-corrected chi connectivity index (χ0v) is 12.7. The monoisotopic (exact) mass is 330 g/mol. The van der Waals surface area contributed by atoms with E-state index in [1.807, 2.05) is 0 Å². The first-order valence-corrected chi connectivity index (χ1v) is 7.45. The number of benzene rings is 1. The Morgan fingerprint density at radius 1 is 1.24 bits per heavy atom. The van der Waals surface area contributed by atoms with Gasteiger partial charge in [0.2, 0.25) is 0 Å². The number of urea groups is 1. The predicted octanol–water partition coefficient (Wildman–Crippen LogP) is 3.62. The number of aliphatic carboxylic acids is 1. The fourth-order valence-corrected chi connectivity index (χ4v) is 2.88. The maximum atomic E-state index is 11.8. The Hall–Kier alpha value is -1.46. The van der Waals surface area contributed by atoms with Crippen LogP contribution < -0.4 is 10.6 Å². The number of amides is 2. The topological polar surface area (TPSA) is 78.4 Å². The fraction of sp³-hybridized carbons (Fsp3) is 0.429. The minimum absolute atomic E-state index is 0.0120. The van der Waals surface area contributed by atoms with E-state index in [1.165, 1.54) is 0 Å². The first kappa shape index (κ1) is 15.9. The van der Waals surface area contributed by atoms with E-state index in [-0.39, 0.29) is 17.9 Å². The molecule has 7 heteroatoms. The van der Waals surface area contributed by atoms with Crippen LogP contribution in [0.2, 0.25) is 10.0 Å². The van der Waals surface area contributed by atoms with Crippen molar-refractivity contribution in [1.29, 1.82) is 0 Å². The van der Waals surface area contributed by atoms with Crippen molar-refractivity contribution in [3.63, 3.8) is 0 Å². The third-order valence-corrected chi connectivity index (χ3v) is 4.42. The van der Waals surface area contributed by atoms with Gasteiger partial charge >= 0.3 is 12.0 Å². The van der Waals surface area contributed by atoms with Crippen LogP contribution in [-0.4, -0.2) is 23.7 Å². The summed E-state index contributed by atoms with van der Waals surface area (Å²) in [7, 11) is 0. The largest absolute Gasteiger partial charge is 0.481 e. The average Bonchev–Trinajstić information content (AvgIpc) is 2.89. The van der Waals surface area contributed by atoms with E-state index in [2.05, 4.69) is 10.6 Å². The molecule has 0 aromatic heterocycles. The summed E-state index contributed by atoms with van der Waals surface area (Å²) in [6.07, 6.45) is 2.39. The molecular formula is C14H16Cl2N2O3. The molecule has 2 amide bonds. The minimum Gasteiger partial charge on any atom is -0.481 e. The van der Waals surface area contributed by atoms with Crippen molar-refractivity contribution in [2.24, 2.45) is 11.8 Å². The van der Waals surface area contributed by atoms with E-state index in [0.717, 1.165) is 12.8 Å². The average molecular weight is 331 g/mol. The molecule has 0 aliphatic heterocycles. The second-order valence-corrected chi connectivity index (χ2v) is 5.91. The molecule has 1 aromatic rings. The highest BCUT2D eigenvalue weighted by Crippen LogP contribution is 2.31. The molecule has 5 nitrogen and oxygen atoms in total. The maximum absolute atomic E-state index is 11.8. The number of anilines is 1. The van der Waals surface area contributed by atoms with Gasteiger partial charge in [0.25, 0.3) is 0 Å². The molecule has 0 radical (unpaired) electrons. The fourth-order valence-electron chi connectivity index (χ4n) is 2.58. The van der Waals surface area contributed by atoms with E-state index in [1.54, 1.807) is 18.2 Å². The van der Waals surface area contributed by atoms with Gasteiger partial charge in [0.05, 0.1) is 16.0 Å². The second-order valence-electron chi connectivity index (χ2n) is 5.10. The molecular weight excluding hydrogens is 315 g/mol. The molecule has 21 heavy (non-hydrogen) atoms. The zero-order valence-electron chi connectivity index (χ0n) is 11.2. The number of carboxylic acid groups (broad SMARTS) is 1. The molecule has 0 bridgehead atoms. The lowest BCUT2D eigenvalue weighted by atomic mass is 9.96. The smallest absolute Gasteiger partial charge is 0.319 e. The van der Waals surface area contributed by atoms with Gasteiger partial charge in [-0.3, -0.25) is 4.79 Å². The van der Waals surface area contributed by atoms with Crippen molar-refractivity contribution in [3.8, 4) is 0 Å². The van der Waals surface area contributed by atoms with Gasteiger partial charge in [-0.15, -0.1) is 0 Å². The highest BCUT2D eigenvalue weighted by atomic mass is 35.5. The zero-order chi connectivity index (χ0) is 15.4. The summed E-state index contributed by atoms with van der Waals surface area (Å²) in [5, 5.41) is 15.2. The van der Waals surface area contributed by atoms with Crippen molar-refractivity contribution >= 4 is 40.9 Å². The van der Waals surface area contributed by atoms with Crippen LogP contribution in [0.4, 0.5) is 10.5 Å². The predicted molar refractivity (Wildman–Crippen MR) is 82.0 cm³/mol. The molecule has 1 aliphatic carbocycles. The molecule has 2 rings (SSSR count). The summed E-state index contributed by atoms with van der Waals surface area (Å²) >= 11 is 11.7. The molecule has 0 spiro atoms. The molecule has 0 heterocycles. The molecule has 0 saturated heterocycles. The van der Waals surface area contributed by atoms with E-state index in [0.29, 0.717) is 28.7 Å². The van der Waals surface area contributed by atoms with Crippen LogP contribution in [0.3, 0.4) is 0 Å². The van der Waals surface area contributed by atoms with Gasteiger partial charge in [0.15, 0.2) is 0 Å². The lowest BCUT2D eigenvalue weighted by Gasteiger charge is -2.16. The third-order valence-electron chi connectivity index (χ3n) is 3.68. The van der Waals surface area contributed by atoms with Gasteiger partial charge in [-0.05, 0) is 37.0 Å². The Kier molecular flexibility index (Phi) is 5.31. The Bertz CT molecular complexity index is 551. The van der Waals surface area contributed by atoms with Gasteiger partial charge in [-0.25, -0.2) is 4.79 Å². The second kappa shape index (κ2) is 7.00. The number of carbonyl (C=O) groups excluding carboxylic acids is 1. The summed E-state index contributed by atoms with van der Waals surface area (Å²) in [5.74, 6) is -1.17. The number of carbonyl (C=O) groups is 2. The first-order chi connectivity index (χ1) is 9.97. The Morgan fingerprint density at radius 2 is 2.00 bits per heavy atom. The van der Waals surface area contributed by atoms with Gasteiger partial charge in [0, 0.05) is 12.2 Å². The van der Waals surface area contributed by atoms with E-state index < -0.39 is 5.97 Å². The molecule has 1 aliphatic rings. The standard InChI is InChI=1S/C14H16Cl2N2O3/c15-11-5-4-9(6-12(11)16)18-14(21)17-7-8-2-1-3-10(8)13(19)20/h4-6,8,10H,1-3,7H2,(H,19,20)(H2,17,18,21). The highest BCUT2D eigenvalue weighted by Gasteiger charge is 2.32. The number of halogens is 2. The van der Waals surface area contributed by atoms with Crippen molar-refractivity contribution in [2.75, 3.05) is 11.9 Å². The number of hydrogen-bond acceptors (Lipinski definition) is 2. The quantitative estimate of drug-likeness (QED) is 0.788. The van der Waals surface area contributed by atoms with Crippen LogP contribution in [0.25, 0.3) is 0 Å². The number of carboxylic acids is 1. The number of nitrogens with one attached hydrogen (secondary N) is 2. The van der Waals surface area contributed by atoms with Crippen LogP contribution in [0.15, 0.2) is 18.2 Å². The third kappa shape index (κ3) is 4.25. The Balaban J connectivity index is 1.84. The maximum Gasteiger partial charge on any atom is 0.319 e. The number of rotatable bonds is 4. The van der Waals surface area contributed by atoms with Crippen LogP contribution >= 0.6 is 23.2 Å². The van der Waals surface area contributed by atoms with Crippen molar-refractivity contribution in [1.82, 2.24) is 5.32 Å². The van der Waals surface area contributed by atoms with Crippen molar-refractivity contribution in [2.45, 2.75) is 19.3 Å². The Morgan fingerprint density at radius 3 is 2.67 bits per heavy atom. The van der Waals surface area contributed by atoms with E-state index in [4.69, 9.17) is 28.3 Å². The summed E-state index contributed by atoms with van der Waals surface area (Å²) in [6.45, 7) is 0.351. The Labute approximate surface area is 132 Å². The van der Waals surface area contributed by atoms with Crippen molar-refractivity contribution in [3.05, 3.63) is 28.2 Å². The SMILES string of the molecule is O=C(NCC1CCCC1C(=O)O)Nc1ccc(Cl)c(Cl)c1. The summed E-state index contributed by atoms with van der Waals surface area (Å²) in [5.41, 5.74) is 0.531. The minimum atomic E-state index is -0.788.